The molecule has 0 atom stereocenters. The maximum absolute atomic E-state index is 6.00. The van der Waals surface area contributed by atoms with Crippen molar-refractivity contribution >= 4 is 11.6 Å². The molecule has 1 aromatic carbocycles. The summed E-state index contributed by atoms with van der Waals surface area (Å²) in [5.41, 5.74) is 1.30. The standard InChI is InChI=1S/C9H11Cl.H2O2/c1-7(2)8-4-3-5-9(10)6-8;1-2/h3-7H,1-2H3;1-2H. The first-order chi connectivity index (χ1) is 5.70. The minimum absolute atomic E-state index is 0.568. The van der Waals surface area contributed by atoms with Crippen molar-refractivity contribution in [1.29, 1.82) is 0 Å². The Kier molecular flexibility index (Phi) is 5.72. The molecule has 2 N–H and O–H groups in total. The van der Waals surface area contributed by atoms with Gasteiger partial charge in [0.1, 0.15) is 0 Å². The molecule has 0 amide bonds. The van der Waals surface area contributed by atoms with Crippen molar-refractivity contribution in [2.45, 2.75) is 19.8 Å². The average molecular weight is 189 g/mol. The first-order valence-corrected chi connectivity index (χ1v) is 4.03. The van der Waals surface area contributed by atoms with Crippen LogP contribution in [0.4, 0.5) is 0 Å². The van der Waals surface area contributed by atoms with E-state index in [-0.39, 0.29) is 0 Å². The SMILES string of the molecule is CC(C)c1cccc(Cl)c1.OO. The number of hydrogen-bond acceptors (Lipinski definition) is 2. The van der Waals surface area contributed by atoms with Gasteiger partial charge >= 0.3 is 0 Å². The molecule has 0 aromatic heterocycles. The Balaban J connectivity index is 0.000000561. The van der Waals surface area contributed by atoms with Crippen LogP contribution < -0.4 is 0 Å². The fourth-order valence-electron chi connectivity index (χ4n) is 0.866. The van der Waals surface area contributed by atoms with Crippen LogP contribution in [0.5, 0.6) is 0 Å². The van der Waals surface area contributed by atoms with Crippen LogP contribution in [-0.2, 0) is 0 Å². The number of halogens is 1. The second-order valence-corrected chi connectivity index (χ2v) is 3.15. The van der Waals surface area contributed by atoms with Crippen molar-refractivity contribution in [1.82, 2.24) is 0 Å². The summed E-state index contributed by atoms with van der Waals surface area (Å²) in [5, 5.41) is 12.8. The Hall–Kier alpha value is -0.570. The molecule has 0 unspecified atom stereocenters. The van der Waals surface area contributed by atoms with E-state index in [0.717, 1.165) is 5.02 Å². The van der Waals surface area contributed by atoms with Crippen LogP contribution in [0.25, 0.3) is 0 Å². The van der Waals surface area contributed by atoms with Crippen LogP contribution in [0.2, 0.25) is 5.02 Å². The van der Waals surface area contributed by atoms with Crippen LogP contribution in [0, 0.1) is 0 Å². The highest BCUT2D eigenvalue weighted by Crippen LogP contribution is 2.17. The summed E-state index contributed by atoms with van der Waals surface area (Å²) in [6, 6.07) is 7.98. The summed E-state index contributed by atoms with van der Waals surface area (Å²) in [6.45, 7) is 4.32. The van der Waals surface area contributed by atoms with E-state index in [4.69, 9.17) is 22.1 Å². The predicted molar refractivity (Wildman–Crippen MR) is 50.8 cm³/mol. The van der Waals surface area contributed by atoms with Gasteiger partial charge in [-0.3, -0.25) is 10.5 Å². The molecule has 0 bridgehead atoms. The lowest BCUT2D eigenvalue weighted by atomic mass is 10.0. The van der Waals surface area contributed by atoms with Gasteiger partial charge in [-0.2, -0.15) is 0 Å². The van der Waals surface area contributed by atoms with E-state index in [1.165, 1.54) is 5.56 Å². The Labute approximate surface area is 77.4 Å². The van der Waals surface area contributed by atoms with E-state index in [0.29, 0.717) is 5.92 Å². The Morgan fingerprint density at radius 1 is 1.25 bits per heavy atom. The van der Waals surface area contributed by atoms with E-state index in [9.17, 15) is 0 Å². The minimum atomic E-state index is 0.568. The van der Waals surface area contributed by atoms with Crippen LogP contribution in [0.15, 0.2) is 24.3 Å². The van der Waals surface area contributed by atoms with Gasteiger partial charge in [0.25, 0.3) is 0 Å². The summed E-state index contributed by atoms with van der Waals surface area (Å²) in [6.07, 6.45) is 0. The third kappa shape index (κ3) is 3.72. The summed E-state index contributed by atoms with van der Waals surface area (Å²) < 4.78 is 0. The predicted octanol–water partition coefficient (Wildman–Crippen LogP) is 3.48. The quantitative estimate of drug-likeness (QED) is 0.523. The lowest BCUT2D eigenvalue weighted by Gasteiger charge is -2.03. The van der Waals surface area contributed by atoms with Gasteiger partial charge in [0.2, 0.25) is 0 Å². The van der Waals surface area contributed by atoms with Crippen molar-refractivity contribution in [2.24, 2.45) is 0 Å². The molecule has 1 rings (SSSR count). The topological polar surface area (TPSA) is 40.5 Å². The molecule has 0 saturated heterocycles. The van der Waals surface area contributed by atoms with E-state index in [2.05, 4.69) is 19.9 Å². The third-order valence-electron chi connectivity index (χ3n) is 1.52. The monoisotopic (exact) mass is 188 g/mol. The molecule has 12 heavy (non-hydrogen) atoms. The summed E-state index contributed by atoms with van der Waals surface area (Å²) in [5.74, 6) is 0.568. The molecule has 0 radical (unpaired) electrons. The van der Waals surface area contributed by atoms with Crippen LogP contribution in [0.3, 0.4) is 0 Å². The van der Waals surface area contributed by atoms with E-state index < -0.39 is 0 Å². The Morgan fingerprint density at radius 3 is 2.17 bits per heavy atom. The van der Waals surface area contributed by atoms with Gasteiger partial charge in [0.15, 0.2) is 0 Å². The molecule has 0 heterocycles. The molecule has 0 saturated carbocycles. The number of benzene rings is 1. The van der Waals surface area contributed by atoms with Gasteiger partial charge < -0.3 is 0 Å². The Morgan fingerprint density at radius 2 is 1.83 bits per heavy atom. The first kappa shape index (κ1) is 11.4. The fourth-order valence-corrected chi connectivity index (χ4v) is 1.06. The van der Waals surface area contributed by atoms with Gasteiger partial charge in [0.05, 0.1) is 0 Å². The van der Waals surface area contributed by atoms with E-state index in [1.54, 1.807) is 0 Å². The number of hydrogen-bond donors (Lipinski definition) is 2. The molecule has 0 aliphatic rings. The maximum Gasteiger partial charge on any atom is 0.0408 e. The number of rotatable bonds is 1. The van der Waals surface area contributed by atoms with Gasteiger partial charge in [-0.15, -0.1) is 0 Å². The van der Waals surface area contributed by atoms with Crippen LogP contribution >= 0.6 is 11.6 Å². The highest BCUT2D eigenvalue weighted by molar-refractivity contribution is 6.30. The highest BCUT2D eigenvalue weighted by atomic mass is 35.5. The maximum atomic E-state index is 6.00. The smallest absolute Gasteiger partial charge is 0.0408 e. The van der Waals surface area contributed by atoms with Crippen molar-refractivity contribution in [3.8, 4) is 0 Å². The molecule has 3 heteroatoms. The first-order valence-electron chi connectivity index (χ1n) is 3.65. The van der Waals surface area contributed by atoms with Crippen molar-refractivity contribution in [3.05, 3.63) is 34.9 Å². The summed E-state index contributed by atoms with van der Waals surface area (Å²) in [4.78, 5) is 0. The normalized spacial score (nSPS) is 9.17. The lowest BCUT2D eigenvalue weighted by Crippen LogP contribution is -1.84. The fraction of sp³-hybridized carbons (Fsp3) is 0.333. The molecule has 1 aromatic rings. The van der Waals surface area contributed by atoms with Crippen LogP contribution in [-0.4, -0.2) is 10.5 Å². The zero-order valence-electron chi connectivity index (χ0n) is 7.16. The molecule has 2 nitrogen and oxygen atoms in total. The summed E-state index contributed by atoms with van der Waals surface area (Å²) in [7, 11) is 0. The van der Waals surface area contributed by atoms with Gasteiger partial charge in [0, 0.05) is 5.02 Å². The van der Waals surface area contributed by atoms with Crippen molar-refractivity contribution in [3.63, 3.8) is 0 Å². The van der Waals surface area contributed by atoms with Gasteiger partial charge in [-0.1, -0.05) is 37.6 Å². The minimum Gasteiger partial charge on any atom is -0.255 e. The zero-order valence-corrected chi connectivity index (χ0v) is 7.92. The van der Waals surface area contributed by atoms with E-state index in [1.807, 2.05) is 18.2 Å². The molecule has 0 spiro atoms. The average Bonchev–Trinajstić information content (AvgIpc) is 2.08. The summed E-state index contributed by atoms with van der Waals surface area (Å²) >= 11 is 5.79. The largest absolute Gasteiger partial charge is 0.255 e. The van der Waals surface area contributed by atoms with Crippen molar-refractivity contribution < 1.29 is 10.5 Å². The Bertz CT molecular complexity index is 224. The lowest BCUT2D eigenvalue weighted by molar-refractivity contribution is -0.176. The second kappa shape index (κ2) is 6.00. The van der Waals surface area contributed by atoms with Gasteiger partial charge in [-0.05, 0) is 23.6 Å². The molecule has 0 aliphatic carbocycles. The van der Waals surface area contributed by atoms with Gasteiger partial charge in [-0.25, -0.2) is 0 Å². The third-order valence-corrected chi connectivity index (χ3v) is 1.75. The molecule has 0 fully saturated rings. The highest BCUT2D eigenvalue weighted by Gasteiger charge is 1.97. The molecular weight excluding hydrogens is 176 g/mol. The second-order valence-electron chi connectivity index (χ2n) is 2.71. The molecular formula is C9H13ClO2. The zero-order chi connectivity index (χ0) is 9.56. The van der Waals surface area contributed by atoms with E-state index >= 15 is 0 Å². The van der Waals surface area contributed by atoms with Crippen LogP contribution in [0.1, 0.15) is 25.3 Å². The van der Waals surface area contributed by atoms with Crippen molar-refractivity contribution in [2.75, 3.05) is 0 Å². The molecule has 68 valence electrons. The molecule has 0 aliphatic heterocycles.